The Bertz CT molecular complexity index is 1160. The van der Waals surface area contributed by atoms with E-state index < -0.39 is 16.0 Å². The number of hydrogen-bond acceptors (Lipinski definition) is 5. The van der Waals surface area contributed by atoms with Crippen LogP contribution in [0.5, 0.6) is 0 Å². The number of halogens is 1. The minimum atomic E-state index is -3.65. The van der Waals surface area contributed by atoms with Crippen molar-refractivity contribution < 1.29 is 17.9 Å². The molecule has 0 aliphatic carbocycles. The van der Waals surface area contributed by atoms with Crippen molar-refractivity contribution in [2.24, 2.45) is 0 Å². The molecule has 3 aromatic rings. The van der Waals surface area contributed by atoms with Gasteiger partial charge in [-0.1, -0.05) is 35.9 Å². The molecule has 3 rings (SSSR count). The first-order chi connectivity index (χ1) is 13.2. The second-order valence-corrected chi connectivity index (χ2v) is 8.98. The number of carbonyl (C=O) groups excluding carboxylic acids is 1. The molecule has 0 aliphatic heterocycles. The van der Waals surface area contributed by atoms with Crippen LogP contribution in [0.1, 0.15) is 21.5 Å². The maximum atomic E-state index is 12.6. The Balaban J connectivity index is 1.85. The molecule has 6 nitrogen and oxygen atoms in total. The van der Waals surface area contributed by atoms with Crippen LogP contribution in [0.15, 0.2) is 53.4 Å². The van der Waals surface area contributed by atoms with E-state index in [4.69, 9.17) is 16.3 Å². The second-order valence-electron chi connectivity index (χ2n) is 6.47. The zero-order chi connectivity index (χ0) is 20.5. The lowest BCUT2D eigenvalue weighted by atomic mass is 10.1. The van der Waals surface area contributed by atoms with Gasteiger partial charge in [0.1, 0.15) is 11.8 Å². The molecule has 0 unspecified atom stereocenters. The van der Waals surface area contributed by atoms with Crippen molar-refractivity contribution in [3.63, 3.8) is 0 Å². The van der Waals surface area contributed by atoms with Gasteiger partial charge in [0.2, 0.25) is 10.0 Å². The van der Waals surface area contributed by atoms with E-state index in [9.17, 15) is 13.2 Å². The molecule has 28 heavy (non-hydrogen) atoms. The van der Waals surface area contributed by atoms with Crippen LogP contribution in [-0.4, -0.2) is 37.8 Å². The Morgan fingerprint density at radius 3 is 2.57 bits per heavy atom. The molecule has 0 amide bonds. The monoisotopic (exact) mass is 418 g/mol. The van der Waals surface area contributed by atoms with Crippen LogP contribution >= 0.6 is 11.6 Å². The molecule has 0 atom stereocenters. The summed E-state index contributed by atoms with van der Waals surface area (Å²) in [4.78, 5) is 16.9. The molecule has 0 saturated heterocycles. The minimum Gasteiger partial charge on any atom is -0.457 e. The summed E-state index contributed by atoms with van der Waals surface area (Å²) in [6.07, 6.45) is 0. The van der Waals surface area contributed by atoms with Crippen LogP contribution in [0.25, 0.3) is 10.9 Å². The number of aromatic nitrogens is 1. The number of nitrogens with zero attached hydrogens (tertiary/aromatic N) is 2. The number of pyridine rings is 1. The molecule has 0 radical (unpaired) electrons. The quantitative estimate of drug-likeness (QED) is 0.465. The number of hydrogen-bond donors (Lipinski definition) is 0. The highest BCUT2D eigenvalue weighted by Gasteiger charge is 2.21. The Morgan fingerprint density at radius 1 is 1.14 bits per heavy atom. The second kappa shape index (κ2) is 7.87. The maximum Gasteiger partial charge on any atom is 0.338 e. The van der Waals surface area contributed by atoms with E-state index in [-0.39, 0.29) is 22.2 Å². The van der Waals surface area contributed by atoms with Crippen molar-refractivity contribution in [3.8, 4) is 0 Å². The van der Waals surface area contributed by atoms with Gasteiger partial charge in [-0.25, -0.2) is 22.5 Å². The SMILES string of the molecule is Cc1ccc(S(=O)(=O)N(C)C)cc1C(=O)OCc1cc2ccccc2nc1Cl. The number of sulfonamides is 1. The Hall–Kier alpha value is -2.48. The highest BCUT2D eigenvalue weighted by atomic mass is 35.5. The highest BCUT2D eigenvalue weighted by molar-refractivity contribution is 7.89. The van der Waals surface area contributed by atoms with Crippen LogP contribution in [0.4, 0.5) is 0 Å². The van der Waals surface area contributed by atoms with Crippen molar-refractivity contribution in [2.75, 3.05) is 14.1 Å². The number of benzene rings is 2. The van der Waals surface area contributed by atoms with Gasteiger partial charge < -0.3 is 4.74 Å². The van der Waals surface area contributed by atoms with Crippen molar-refractivity contribution in [1.29, 1.82) is 0 Å². The van der Waals surface area contributed by atoms with Gasteiger partial charge in [0.05, 0.1) is 16.0 Å². The molecular weight excluding hydrogens is 400 g/mol. The number of para-hydroxylation sites is 1. The van der Waals surface area contributed by atoms with Gasteiger partial charge in [0.25, 0.3) is 0 Å². The molecular formula is C20H19ClN2O4S. The first kappa shape index (κ1) is 20.3. The average molecular weight is 419 g/mol. The average Bonchev–Trinajstić information content (AvgIpc) is 2.66. The number of aryl methyl sites for hydroxylation is 1. The number of fused-ring (bicyclic) bond motifs is 1. The summed E-state index contributed by atoms with van der Waals surface area (Å²) in [5.74, 6) is -0.627. The summed E-state index contributed by atoms with van der Waals surface area (Å²) in [6.45, 7) is 1.65. The number of carbonyl (C=O) groups is 1. The fraction of sp³-hybridized carbons (Fsp3) is 0.200. The van der Waals surface area contributed by atoms with E-state index in [0.29, 0.717) is 11.1 Å². The lowest BCUT2D eigenvalue weighted by Gasteiger charge is -2.14. The Kier molecular flexibility index (Phi) is 5.69. The smallest absolute Gasteiger partial charge is 0.338 e. The van der Waals surface area contributed by atoms with Gasteiger partial charge in [-0.15, -0.1) is 0 Å². The summed E-state index contributed by atoms with van der Waals surface area (Å²) in [6, 6.07) is 13.7. The predicted octanol–water partition coefficient (Wildman–Crippen LogP) is 3.80. The molecule has 2 aromatic carbocycles. The van der Waals surface area contributed by atoms with E-state index >= 15 is 0 Å². The van der Waals surface area contributed by atoms with Crippen molar-refractivity contribution >= 4 is 38.5 Å². The molecule has 0 spiro atoms. The first-order valence-corrected chi connectivity index (χ1v) is 10.3. The molecule has 0 aliphatic rings. The third-order valence-electron chi connectivity index (χ3n) is 4.32. The van der Waals surface area contributed by atoms with Gasteiger partial charge in [-0.2, -0.15) is 0 Å². The molecule has 1 aromatic heterocycles. The molecule has 0 bridgehead atoms. The van der Waals surface area contributed by atoms with Crippen molar-refractivity contribution in [1.82, 2.24) is 9.29 Å². The molecule has 1 heterocycles. The molecule has 0 N–H and O–H groups in total. The normalized spacial score (nSPS) is 11.8. The van der Waals surface area contributed by atoms with Crippen molar-refractivity contribution in [2.45, 2.75) is 18.4 Å². The third kappa shape index (κ3) is 4.01. The molecule has 8 heteroatoms. The summed E-state index contributed by atoms with van der Waals surface area (Å²) in [5, 5.41) is 1.14. The van der Waals surface area contributed by atoms with Crippen LogP contribution in [0.2, 0.25) is 5.15 Å². The lowest BCUT2D eigenvalue weighted by Crippen LogP contribution is -2.22. The summed E-state index contributed by atoms with van der Waals surface area (Å²) in [7, 11) is -0.788. The molecule has 0 fully saturated rings. The zero-order valence-electron chi connectivity index (χ0n) is 15.6. The van der Waals surface area contributed by atoms with Gasteiger partial charge in [0, 0.05) is 25.0 Å². The number of rotatable bonds is 5. The van der Waals surface area contributed by atoms with Gasteiger partial charge in [-0.05, 0) is 36.8 Å². The fourth-order valence-electron chi connectivity index (χ4n) is 2.65. The van der Waals surface area contributed by atoms with E-state index in [1.54, 1.807) is 13.0 Å². The molecule has 0 saturated carbocycles. The van der Waals surface area contributed by atoms with Crippen LogP contribution in [0.3, 0.4) is 0 Å². The van der Waals surface area contributed by atoms with Gasteiger partial charge in [0.15, 0.2) is 0 Å². The zero-order valence-corrected chi connectivity index (χ0v) is 17.2. The van der Waals surface area contributed by atoms with Crippen LogP contribution in [0, 0.1) is 6.92 Å². The first-order valence-electron chi connectivity index (χ1n) is 8.44. The Labute approximate surface area is 168 Å². The van der Waals surface area contributed by atoms with E-state index in [0.717, 1.165) is 15.2 Å². The fourth-order valence-corrected chi connectivity index (χ4v) is 3.78. The van der Waals surface area contributed by atoms with Crippen LogP contribution in [-0.2, 0) is 21.4 Å². The summed E-state index contributed by atoms with van der Waals surface area (Å²) < 4.78 is 31.1. The van der Waals surface area contributed by atoms with Crippen molar-refractivity contribution in [3.05, 3.63) is 70.4 Å². The largest absolute Gasteiger partial charge is 0.457 e. The predicted molar refractivity (Wildman–Crippen MR) is 108 cm³/mol. The number of ether oxygens (including phenoxy) is 1. The standard InChI is InChI=1S/C20H19ClN2O4S/c1-13-8-9-16(28(25,26)23(2)3)11-17(13)20(24)27-12-15-10-14-6-4-5-7-18(14)22-19(15)21/h4-11H,12H2,1-3H3. The van der Waals surface area contributed by atoms with Crippen LogP contribution < -0.4 is 0 Å². The van der Waals surface area contributed by atoms with E-state index in [2.05, 4.69) is 4.98 Å². The van der Waals surface area contributed by atoms with Gasteiger partial charge >= 0.3 is 5.97 Å². The number of esters is 1. The Morgan fingerprint density at radius 2 is 1.86 bits per heavy atom. The van der Waals surface area contributed by atoms with E-state index in [1.165, 1.54) is 26.2 Å². The third-order valence-corrected chi connectivity index (χ3v) is 6.45. The van der Waals surface area contributed by atoms with E-state index in [1.807, 2.05) is 30.3 Å². The summed E-state index contributed by atoms with van der Waals surface area (Å²) >= 11 is 6.20. The minimum absolute atomic E-state index is 0.0282. The molecule has 146 valence electrons. The summed E-state index contributed by atoms with van der Waals surface area (Å²) in [5.41, 5.74) is 2.13. The van der Waals surface area contributed by atoms with Gasteiger partial charge in [-0.3, -0.25) is 0 Å². The highest BCUT2D eigenvalue weighted by Crippen LogP contribution is 2.23. The lowest BCUT2D eigenvalue weighted by molar-refractivity contribution is 0.0471. The maximum absolute atomic E-state index is 12.6. The topological polar surface area (TPSA) is 76.6 Å².